The van der Waals surface area contributed by atoms with E-state index < -0.39 is 13.7 Å². The molecule has 29 heavy (non-hydrogen) atoms. The van der Waals surface area contributed by atoms with Crippen LogP contribution in [-0.4, -0.2) is 19.1 Å². The summed E-state index contributed by atoms with van der Waals surface area (Å²) in [6.07, 6.45) is 1.81. The van der Waals surface area contributed by atoms with Crippen molar-refractivity contribution >= 4 is 19.4 Å². The lowest BCUT2D eigenvalue weighted by atomic mass is 10.1. The summed E-state index contributed by atoms with van der Waals surface area (Å²) in [4.78, 5) is 22.6. The van der Waals surface area contributed by atoms with Crippen molar-refractivity contribution in [2.24, 2.45) is 11.1 Å². The summed E-state index contributed by atoms with van der Waals surface area (Å²) in [5.41, 5.74) is 0.203. The smallest absolute Gasteiger partial charge is 0.464 e. The molecule has 0 aliphatic rings. The number of nitrogens with one attached hydrogen (secondary N) is 1. The fourth-order valence-corrected chi connectivity index (χ4v) is 3.65. The van der Waals surface area contributed by atoms with Crippen molar-refractivity contribution in [1.82, 2.24) is 5.09 Å². The maximum absolute atomic E-state index is 13.2. The molecule has 156 valence electrons. The molecular weight excluding hydrogens is 395 g/mol. The Labute approximate surface area is 170 Å². The summed E-state index contributed by atoms with van der Waals surface area (Å²) < 4.78 is 29.4. The van der Waals surface area contributed by atoms with Crippen LogP contribution in [0.15, 0.2) is 59.8 Å². The van der Waals surface area contributed by atoms with E-state index in [0.717, 1.165) is 12.8 Å². The maximum atomic E-state index is 13.2. The second-order valence-corrected chi connectivity index (χ2v) is 7.96. The molecule has 0 spiro atoms. The molecule has 2 aromatic carbocycles. The van der Waals surface area contributed by atoms with Crippen molar-refractivity contribution < 1.29 is 23.1 Å². The Hall–Kier alpha value is -2.70. The lowest BCUT2D eigenvalue weighted by molar-refractivity contribution is -0.143. The maximum Gasteiger partial charge on any atom is 0.513 e. The zero-order chi connectivity index (χ0) is 21.1. The molecular formula is C20H25N2O6P. The second-order valence-electron chi connectivity index (χ2n) is 6.28. The lowest BCUT2D eigenvalue weighted by Gasteiger charge is -2.20. The average Bonchev–Trinajstić information content (AvgIpc) is 2.74. The molecule has 0 bridgehead atoms. The highest BCUT2D eigenvalue weighted by atomic mass is 31.2. The summed E-state index contributed by atoms with van der Waals surface area (Å²) in [7, 11) is -3.96. The second kappa shape index (κ2) is 11.3. The van der Waals surface area contributed by atoms with Gasteiger partial charge in [0, 0.05) is 0 Å². The van der Waals surface area contributed by atoms with Crippen LogP contribution in [0.5, 0.6) is 11.5 Å². The van der Waals surface area contributed by atoms with Gasteiger partial charge in [0.25, 0.3) is 0 Å². The van der Waals surface area contributed by atoms with Gasteiger partial charge in [0.1, 0.15) is 23.7 Å². The first-order chi connectivity index (χ1) is 14.0. The molecule has 8 nitrogen and oxygen atoms in total. The third kappa shape index (κ3) is 7.68. The Kier molecular flexibility index (Phi) is 8.83. The van der Waals surface area contributed by atoms with Gasteiger partial charge in [0.05, 0.1) is 6.61 Å². The zero-order valence-corrected chi connectivity index (χ0v) is 17.3. The van der Waals surface area contributed by atoms with Crippen LogP contribution in [0.3, 0.4) is 0 Å². The number of hydrogen-bond donors (Lipinski definition) is 1. The van der Waals surface area contributed by atoms with Crippen molar-refractivity contribution in [2.75, 3.05) is 13.2 Å². The molecule has 0 aliphatic carbocycles. The quantitative estimate of drug-likeness (QED) is 0.285. The van der Waals surface area contributed by atoms with Crippen molar-refractivity contribution in [1.29, 1.82) is 0 Å². The topological polar surface area (TPSA) is 103 Å². The van der Waals surface area contributed by atoms with E-state index >= 15 is 0 Å². The predicted octanol–water partition coefficient (Wildman–Crippen LogP) is 5.22. The molecule has 0 aromatic heterocycles. The van der Waals surface area contributed by atoms with Crippen molar-refractivity contribution in [3.8, 4) is 11.5 Å². The average molecular weight is 420 g/mol. The molecule has 0 fully saturated rings. The standard InChI is InChI=1S/C20H25N2O6P/c1-3-16(4-2)15-26-20(23)14-21-29(25,27-18-8-6-5-7-9-18)28-19-12-10-17(22-24)11-13-19/h5-13,16H,3-4,14-15H2,1-2H3,(H,21,25). The van der Waals surface area contributed by atoms with Crippen molar-refractivity contribution in [2.45, 2.75) is 26.7 Å². The number of hydrogen-bond acceptors (Lipinski definition) is 7. The fourth-order valence-electron chi connectivity index (χ4n) is 2.36. The summed E-state index contributed by atoms with van der Waals surface area (Å²) in [5.74, 6) is 0.222. The highest BCUT2D eigenvalue weighted by Gasteiger charge is 2.29. The number of ether oxygens (including phenoxy) is 1. The molecule has 9 heteroatoms. The number of nitroso groups, excluding NO2 is 1. The van der Waals surface area contributed by atoms with Crippen LogP contribution >= 0.6 is 7.75 Å². The Morgan fingerprint density at radius 2 is 1.59 bits per heavy atom. The van der Waals surface area contributed by atoms with Crippen LogP contribution in [0.4, 0.5) is 5.69 Å². The van der Waals surface area contributed by atoms with Gasteiger partial charge in [-0.2, -0.15) is 5.09 Å². The van der Waals surface area contributed by atoms with Gasteiger partial charge in [-0.05, 0) is 47.5 Å². The number of carbonyl (C=O) groups is 1. The van der Waals surface area contributed by atoms with Gasteiger partial charge in [-0.25, -0.2) is 4.57 Å². The molecule has 2 aromatic rings. The normalized spacial score (nSPS) is 12.8. The van der Waals surface area contributed by atoms with E-state index in [0.29, 0.717) is 12.4 Å². The van der Waals surface area contributed by atoms with E-state index in [2.05, 4.69) is 10.3 Å². The molecule has 0 heterocycles. The predicted molar refractivity (Wildman–Crippen MR) is 110 cm³/mol. The van der Waals surface area contributed by atoms with Crippen LogP contribution < -0.4 is 14.1 Å². The number of para-hydroxylation sites is 1. The SMILES string of the molecule is CCC(CC)COC(=O)CNP(=O)(Oc1ccccc1)Oc1ccc(N=O)cc1. The summed E-state index contributed by atoms with van der Waals surface area (Å²) in [6.45, 7) is 4.01. The molecule has 1 N–H and O–H groups in total. The largest absolute Gasteiger partial charge is 0.513 e. The minimum Gasteiger partial charge on any atom is -0.464 e. The number of rotatable bonds is 12. The Balaban J connectivity index is 2.06. The molecule has 1 unspecified atom stereocenters. The van der Waals surface area contributed by atoms with Gasteiger partial charge in [-0.15, -0.1) is 4.91 Å². The van der Waals surface area contributed by atoms with Gasteiger partial charge in [0.2, 0.25) is 0 Å². The fraction of sp³-hybridized carbons (Fsp3) is 0.350. The van der Waals surface area contributed by atoms with E-state index in [1.165, 1.54) is 24.3 Å². The molecule has 2 rings (SSSR count). The van der Waals surface area contributed by atoms with E-state index in [-0.39, 0.29) is 23.9 Å². The number of esters is 1. The molecule has 0 saturated carbocycles. The first-order valence-electron chi connectivity index (χ1n) is 9.36. The number of nitrogens with zero attached hydrogens (tertiary/aromatic N) is 1. The zero-order valence-electron chi connectivity index (χ0n) is 16.4. The minimum atomic E-state index is -3.96. The molecule has 0 radical (unpaired) electrons. The third-order valence-corrected chi connectivity index (χ3v) is 5.64. The van der Waals surface area contributed by atoms with Crippen molar-refractivity contribution in [3.05, 3.63) is 59.5 Å². The van der Waals surface area contributed by atoms with Gasteiger partial charge < -0.3 is 13.8 Å². The summed E-state index contributed by atoms with van der Waals surface area (Å²) in [5, 5.41) is 5.33. The first kappa shape index (κ1) is 22.6. The van der Waals surface area contributed by atoms with E-state index in [4.69, 9.17) is 13.8 Å². The van der Waals surface area contributed by atoms with Gasteiger partial charge in [-0.1, -0.05) is 44.9 Å². The highest BCUT2D eigenvalue weighted by Crippen LogP contribution is 2.44. The van der Waals surface area contributed by atoms with Gasteiger partial charge in [-0.3, -0.25) is 4.79 Å². The van der Waals surface area contributed by atoms with Gasteiger partial charge >= 0.3 is 13.7 Å². The number of carbonyl (C=O) groups excluding carboxylic acids is 1. The summed E-state index contributed by atoms with van der Waals surface area (Å²) in [6, 6.07) is 14.1. The van der Waals surface area contributed by atoms with E-state index in [9.17, 15) is 14.3 Å². The first-order valence-corrected chi connectivity index (χ1v) is 10.9. The highest BCUT2D eigenvalue weighted by molar-refractivity contribution is 7.52. The van der Waals surface area contributed by atoms with Crippen LogP contribution in [0, 0.1) is 10.8 Å². The summed E-state index contributed by atoms with van der Waals surface area (Å²) >= 11 is 0. The Morgan fingerprint density at radius 1 is 1.00 bits per heavy atom. The van der Waals surface area contributed by atoms with Crippen LogP contribution in [-0.2, 0) is 14.1 Å². The minimum absolute atomic E-state index is 0.189. The monoisotopic (exact) mass is 420 g/mol. The number of benzene rings is 2. The van der Waals surface area contributed by atoms with E-state index in [1.54, 1.807) is 30.3 Å². The van der Waals surface area contributed by atoms with E-state index in [1.807, 2.05) is 13.8 Å². The Morgan fingerprint density at radius 3 is 2.14 bits per heavy atom. The third-order valence-electron chi connectivity index (χ3n) is 4.19. The van der Waals surface area contributed by atoms with Crippen LogP contribution in [0.2, 0.25) is 0 Å². The van der Waals surface area contributed by atoms with Crippen molar-refractivity contribution in [3.63, 3.8) is 0 Å². The van der Waals surface area contributed by atoms with Gasteiger partial charge in [0.15, 0.2) is 0 Å². The Bertz CT molecular complexity index is 825. The van der Waals surface area contributed by atoms with Crippen LogP contribution in [0.1, 0.15) is 26.7 Å². The molecule has 0 saturated heterocycles. The lowest BCUT2D eigenvalue weighted by Crippen LogP contribution is -2.27. The molecule has 0 aliphatic heterocycles. The molecule has 0 amide bonds. The van der Waals surface area contributed by atoms with Crippen LogP contribution in [0.25, 0.3) is 0 Å². The molecule has 1 atom stereocenters.